The number of rotatable bonds is 7. The monoisotopic (exact) mass is 266 g/mol. The second-order valence-electron chi connectivity index (χ2n) is 5.88. The van der Waals surface area contributed by atoms with E-state index in [1.54, 1.807) is 6.07 Å². The molecule has 0 heterocycles. The van der Waals surface area contributed by atoms with Crippen molar-refractivity contribution in [2.24, 2.45) is 5.92 Å². The fourth-order valence-electron chi connectivity index (χ4n) is 2.40. The summed E-state index contributed by atoms with van der Waals surface area (Å²) in [7, 11) is 4.21. The van der Waals surface area contributed by atoms with Crippen LogP contribution >= 0.6 is 0 Å². The molecule has 108 valence electrons. The highest BCUT2D eigenvalue weighted by atomic mass is 19.1. The lowest BCUT2D eigenvalue weighted by molar-refractivity contribution is 0.219. The summed E-state index contributed by atoms with van der Waals surface area (Å²) < 4.78 is 13.6. The Bertz CT molecular complexity index is 369. The molecule has 0 amide bonds. The molecule has 2 atom stereocenters. The largest absolute Gasteiger partial charge is 0.312 e. The van der Waals surface area contributed by atoms with Gasteiger partial charge in [-0.1, -0.05) is 32.0 Å². The third kappa shape index (κ3) is 5.29. The van der Waals surface area contributed by atoms with E-state index in [-0.39, 0.29) is 11.9 Å². The van der Waals surface area contributed by atoms with Gasteiger partial charge in [-0.2, -0.15) is 0 Å². The van der Waals surface area contributed by atoms with Gasteiger partial charge in [-0.3, -0.25) is 0 Å². The molecular formula is C16H27FN2. The predicted octanol–water partition coefficient (Wildman–Crippen LogP) is 2.93. The molecule has 1 aromatic carbocycles. The highest BCUT2D eigenvalue weighted by Crippen LogP contribution is 2.10. The number of nitrogens with one attached hydrogen (secondary N) is 1. The van der Waals surface area contributed by atoms with Crippen LogP contribution in [-0.2, 0) is 6.42 Å². The standard InChI is InChI=1S/C16H27FN2/c1-12(2)16(19(4)5)11-18-13(3)10-14-8-6-7-9-15(14)17/h6-9,12-13,16,18H,10-11H2,1-5H3. The Balaban J connectivity index is 2.47. The zero-order valence-corrected chi connectivity index (χ0v) is 12.8. The number of benzene rings is 1. The minimum Gasteiger partial charge on any atom is -0.312 e. The SMILES string of the molecule is CC(Cc1ccccc1F)NCC(C(C)C)N(C)C. The molecule has 0 fully saturated rings. The Morgan fingerprint density at radius 3 is 2.32 bits per heavy atom. The van der Waals surface area contributed by atoms with Crippen LogP contribution in [-0.4, -0.2) is 37.6 Å². The summed E-state index contributed by atoms with van der Waals surface area (Å²) in [5.41, 5.74) is 0.786. The van der Waals surface area contributed by atoms with Gasteiger partial charge in [0.1, 0.15) is 5.82 Å². The first-order valence-corrected chi connectivity index (χ1v) is 7.05. The van der Waals surface area contributed by atoms with Crippen molar-refractivity contribution in [3.8, 4) is 0 Å². The zero-order chi connectivity index (χ0) is 14.4. The van der Waals surface area contributed by atoms with Crippen molar-refractivity contribution in [2.45, 2.75) is 39.3 Å². The first-order chi connectivity index (χ1) is 8.91. The van der Waals surface area contributed by atoms with Crippen LogP contribution in [0, 0.1) is 11.7 Å². The highest BCUT2D eigenvalue weighted by Gasteiger charge is 2.16. The summed E-state index contributed by atoms with van der Waals surface area (Å²) in [6.07, 6.45) is 0.727. The molecule has 0 aliphatic carbocycles. The van der Waals surface area contributed by atoms with Gasteiger partial charge in [0.05, 0.1) is 0 Å². The second kappa shape index (κ2) is 7.61. The van der Waals surface area contributed by atoms with Gasteiger partial charge in [-0.15, -0.1) is 0 Å². The average Bonchev–Trinajstić information content (AvgIpc) is 2.31. The van der Waals surface area contributed by atoms with Crippen LogP contribution in [0.25, 0.3) is 0 Å². The molecule has 0 aliphatic rings. The molecular weight excluding hydrogens is 239 g/mol. The van der Waals surface area contributed by atoms with Crippen LogP contribution in [0.5, 0.6) is 0 Å². The fraction of sp³-hybridized carbons (Fsp3) is 0.625. The summed E-state index contributed by atoms with van der Waals surface area (Å²) in [5, 5.41) is 3.51. The third-order valence-corrected chi connectivity index (χ3v) is 3.59. The van der Waals surface area contributed by atoms with E-state index in [4.69, 9.17) is 0 Å². The summed E-state index contributed by atoms with van der Waals surface area (Å²) in [5.74, 6) is 0.493. The van der Waals surface area contributed by atoms with E-state index in [0.717, 1.165) is 18.5 Å². The van der Waals surface area contributed by atoms with Crippen molar-refractivity contribution in [2.75, 3.05) is 20.6 Å². The van der Waals surface area contributed by atoms with Crippen LogP contribution in [0.15, 0.2) is 24.3 Å². The quantitative estimate of drug-likeness (QED) is 0.816. The highest BCUT2D eigenvalue weighted by molar-refractivity contribution is 5.18. The average molecular weight is 266 g/mol. The summed E-state index contributed by atoms with van der Waals surface area (Å²) in [6, 6.07) is 7.79. The van der Waals surface area contributed by atoms with E-state index < -0.39 is 0 Å². The lowest BCUT2D eigenvalue weighted by Gasteiger charge is -2.29. The molecule has 0 spiro atoms. The molecule has 0 saturated carbocycles. The Morgan fingerprint density at radius 2 is 1.79 bits per heavy atom. The first kappa shape index (κ1) is 16.1. The molecule has 1 aromatic rings. The Kier molecular flexibility index (Phi) is 6.46. The van der Waals surface area contributed by atoms with Gasteiger partial charge >= 0.3 is 0 Å². The Labute approximate surface area is 117 Å². The number of nitrogens with zero attached hydrogens (tertiary/aromatic N) is 1. The minimum absolute atomic E-state index is 0.107. The maximum atomic E-state index is 13.6. The normalized spacial score (nSPS) is 14.9. The molecule has 2 unspecified atom stereocenters. The molecule has 1 rings (SSSR count). The van der Waals surface area contributed by atoms with Crippen molar-refractivity contribution in [3.63, 3.8) is 0 Å². The molecule has 19 heavy (non-hydrogen) atoms. The lowest BCUT2D eigenvalue weighted by atomic mass is 10.0. The molecule has 0 aliphatic heterocycles. The van der Waals surface area contributed by atoms with Crippen molar-refractivity contribution in [3.05, 3.63) is 35.6 Å². The summed E-state index contributed by atoms with van der Waals surface area (Å²) in [4.78, 5) is 2.24. The number of hydrogen-bond donors (Lipinski definition) is 1. The van der Waals surface area contributed by atoms with E-state index in [1.807, 2.05) is 12.1 Å². The van der Waals surface area contributed by atoms with Crippen LogP contribution < -0.4 is 5.32 Å². The molecule has 0 saturated heterocycles. The van der Waals surface area contributed by atoms with E-state index in [1.165, 1.54) is 6.07 Å². The fourth-order valence-corrected chi connectivity index (χ4v) is 2.40. The van der Waals surface area contributed by atoms with E-state index >= 15 is 0 Å². The van der Waals surface area contributed by atoms with Gasteiger partial charge in [-0.25, -0.2) is 4.39 Å². The van der Waals surface area contributed by atoms with Crippen molar-refractivity contribution >= 4 is 0 Å². The number of hydrogen-bond acceptors (Lipinski definition) is 2. The maximum absolute atomic E-state index is 13.6. The van der Waals surface area contributed by atoms with Gasteiger partial charge in [0.2, 0.25) is 0 Å². The molecule has 0 radical (unpaired) electrons. The lowest BCUT2D eigenvalue weighted by Crippen LogP contribution is -2.44. The van der Waals surface area contributed by atoms with Crippen LogP contribution in [0.2, 0.25) is 0 Å². The Morgan fingerprint density at radius 1 is 1.16 bits per heavy atom. The van der Waals surface area contributed by atoms with E-state index in [0.29, 0.717) is 12.0 Å². The van der Waals surface area contributed by atoms with E-state index in [2.05, 4.69) is 45.1 Å². The number of halogens is 1. The predicted molar refractivity (Wildman–Crippen MR) is 79.9 cm³/mol. The van der Waals surface area contributed by atoms with E-state index in [9.17, 15) is 4.39 Å². The van der Waals surface area contributed by atoms with Gasteiger partial charge in [0.15, 0.2) is 0 Å². The third-order valence-electron chi connectivity index (χ3n) is 3.59. The van der Waals surface area contributed by atoms with Crippen molar-refractivity contribution in [1.29, 1.82) is 0 Å². The maximum Gasteiger partial charge on any atom is 0.126 e. The first-order valence-electron chi connectivity index (χ1n) is 7.05. The van der Waals surface area contributed by atoms with Crippen molar-refractivity contribution < 1.29 is 4.39 Å². The van der Waals surface area contributed by atoms with Crippen LogP contribution in [0.1, 0.15) is 26.3 Å². The van der Waals surface area contributed by atoms with Gasteiger partial charge in [-0.05, 0) is 45.0 Å². The summed E-state index contributed by atoms with van der Waals surface area (Å²) >= 11 is 0. The second-order valence-corrected chi connectivity index (χ2v) is 5.88. The van der Waals surface area contributed by atoms with Crippen LogP contribution in [0.3, 0.4) is 0 Å². The summed E-state index contributed by atoms with van der Waals surface area (Å²) in [6.45, 7) is 7.50. The number of likely N-dealkylation sites (N-methyl/N-ethyl adjacent to an activating group) is 1. The van der Waals surface area contributed by atoms with Crippen molar-refractivity contribution in [1.82, 2.24) is 10.2 Å². The minimum atomic E-state index is -0.107. The Hall–Kier alpha value is -0.930. The molecule has 0 aromatic heterocycles. The van der Waals surface area contributed by atoms with Gasteiger partial charge < -0.3 is 10.2 Å². The van der Waals surface area contributed by atoms with Gasteiger partial charge in [0, 0.05) is 18.6 Å². The topological polar surface area (TPSA) is 15.3 Å². The smallest absolute Gasteiger partial charge is 0.126 e. The zero-order valence-electron chi connectivity index (χ0n) is 12.8. The molecule has 3 heteroatoms. The molecule has 1 N–H and O–H groups in total. The molecule has 2 nitrogen and oxygen atoms in total. The van der Waals surface area contributed by atoms with Gasteiger partial charge in [0.25, 0.3) is 0 Å². The molecule has 0 bridgehead atoms. The van der Waals surface area contributed by atoms with Crippen LogP contribution in [0.4, 0.5) is 4.39 Å².